The third-order valence-electron chi connectivity index (χ3n) is 4.17. The van der Waals surface area contributed by atoms with Gasteiger partial charge in [0.2, 0.25) is 11.8 Å². The van der Waals surface area contributed by atoms with Crippen molar-refractivity contribution in [2.45, 2.75) is 27.7 Å². The highest BCUT2D eigenvalue weighted by Crippen LogP contribution is 2.19. The number of aliphatic imine (C=N–C) groups is 1. The van der Waals surface area contributed by atoms with Gasteiger partial charge >= 0.3 is 0 Å². The Balaban J connectivity index is 1.76. The minimum atomic E-state index is -0.203. The molecule has 6 nitrogen and oxygen atoms in total. The van der Waals surface area contributed by atoms with Crippen molar-refractivity contribution < 1.29 is 9.59 Å². The smallest absolute Gasteiger partial charge is 0.246 e. The standard InChI is InChI=1S/C21H26N4O2/c1-14-7-5-8-15(2)20(14)24-18(26)11-22-13-23-12-19(27)25-21-16(3)9-6-10-17(21)4/h5-10,13H,11-12H2,1-4H3,(H,22,23)(H,24,26)(H,25,27). The van der Waals surface area contributed by atoms with Crippen molar-refractivity contribution in [1.82, 2.24) is 5.32 Å². The Kier molecular flexibility index (Phi) is 7.11. The van der Waals surface area contributed by atoms with Gasteiger partial charge in [-0.05, 0) is 49.9 Å². The van der Waals surface area contributed by atoms with Gasteiger partial charge in [-0.1, -0.05) is 36.4 Å². The van der Waals surface area contributed by atoms with Gasteiger partial charge in [0.05, 0.1) is 12.9 Å². The molecule has 0 heterocycles. The van der Waals surface area contributed by atoms with E-state index in [1.165, 1.54) is 6.34 Å². The maximum absolute atomic E-state index is 12.0. The van der Waals surface area contributed by atoms with E-state index < -0.39 is 0 Å². The number of amides is 2. The van der Waals surface area contributed by atoms with Gasteiger partial charge in [-0.2, -0.15) is 0 Å². The molecule has 0 saturated heterocycles. The van der Waals surface area contributed by atoms with Gasteiger partial charge in [-0.25, -0.2) is 0 Å². The Labute approximate surface area is 160 Å². The summed E-state index contributed by atoms with van der Waals surface area (Å²) in [5, 5.41) is 8.55. The first-order chi connectivity index (χ1) is 12.9. The van der Waals surface area contributed by atoms with Gasteiger partial charge in [0, 0.05) is 11.4 Å². The fourth-order valence-electron chi connectivity index (χ4n) is 2.72. The van der Waals surface area contributed by atoms with Crippen LogP contribution in [0.5, 0.6) is 0 Å². The molecule has 6 heteroatoms. The van der Waals surface area contributed by atoms with Gasteiger partial charge in [-0.3, -0.25) is 14.6 Å². The summed E-state index contributed by atoms with van der Waals surface area (Å²) >= 11 is 0. The first-order valence-electron chi connectivity index (χ1n) is 8.82. The van der Waals surface area contributed by atoms with E-state index in [9.17, 15) is 9.59 Å². The predicted molar refractivity (Wildman–Crippen MR) is 110 cm³/mol. The van der Waals surface area contributed by atoms with Crippen LogP contribution in [0.15, 0.2) is 41.4 Å². The number of para-hydroxylation sites is 2. The van der Waals surface area contributed by atoms with Gasteiger partial charge in [0.1, 0.15) is 6.54 Å². The first kappa shape index (κ1) is 20.2. The molecule has 0 fully saturated rings. The minimum absolute atomic E-state index is 0.0146. The monoisotopic (exact) mass is 366 g/mol. The molecule has 0 aliphatic carbocycles. The normalized spacial score (nSPS) is 10.7. The maximum Gasteiger partial charge on any atom is 0.246 e. The Morgan fingerprint density at radius 3 is 1.74 bits per heavy atom. The van der Waals surface area contributed by atoms with E-state index in [1.807, 2.05) is 64.1 Å². The molecule has 0 bridgehead atoms. The summed E-state index contributed by atoms with van der Waals surface area (Å²) in [4.78, 5) is 28.0. The van der Waals surface area contributed by atoms with Crippen molar-refractivity contribution in [1.29, 1.82) is 0 Å². The van der Waals surface area contributed by atoms with E-state index in [0.717, 1.165) is 33.6 Å². The Hall–Kier alpha value is -3.15. The largest absolute Gasteiger partial charge is 0.367 e. The zero-order valence-electron chi connectivity index (χ0n) is 16.2. The molecule has 0 unspecified atom stereocenters. The average Bonchev–Trinajstić information content (AvgIpc) is 2.61. The highest BCUT2D eigenvalue weighted by Gasteiger charge is 2.07. The second-order valence-electron chi connectivity index (χ2n) is 6.48. The lowest BCUT2D eigenvalue weighted by atomic mass is 10.1. The first-order valence-corrected chi connectivity index (χ1v) is 8.82. The summed E-state index contributed by atoms with van der Waals surface area (Å²) in [5.74, 6) is -0.371. The number of carbonyl (C=O) groups is 2. The van der Waals surface area contributed by atoms with Crippen LogP contribution in [0.2, 0.25) is 0 Å². The van der Waals surface area contributed by atoms with Crippen LogP contribution in [0.4, 0.5) is 11.4 Å². The van der Waals surface area contributed by atoms with Crippen LogP contribution in [-0.4, -0.2) is 31.2 Å². The molecule has 0 spiro atoms. The van der Waals surface area contributed by atoms with Crippen molar-refractivity contribution in [3.8, 4) is 0 Å². The second-order valence-corrected chi connectivity index (χ2v) is 6.48. The summed E-state index contributed by atoms with van der Waals surface area (Å²) in [5.41, 5.74) is 5.69. The SMILES string of the molecule is Cc1cccc(C)c1NC(=O)CN=CNCC(=O)Nc1c(C)cccc1C. The average molecular weight is 366 g/mol. The van der Waals surface area contributed by atoms with Gasteiger partial charge in [0.25, 0.3) is 0 Å². The van der Waals surface area contributed by atoms with E-state index >= 15 is 0 Å². The molecule has 2 aromatic rings. The topological polar surface area (TPSA) is 82.6 Å². The number of anilines is 2. The summed E-state index contributed by atoms with van der Waals surface area (Å²) in [7, 11) is 0. The number of hydrogen-bond acceptors (Lipinski definition) is 3. The quantitative estimate of drug-likeness (QED) is 0.520. The lowest BCUT2D eigenvalue weighted by Crippen LogP contribution is -2.28. The zero-order chi connectivity index (χ0) is 19.8. The van der Waals surface area contributed by atoms with Crippen molar-refractivity contribution >= 4 is 29.5 Å². The summed E-state index contributed by atoms with van der Waals surface area (Å²) in [6.07, 6.45) is 1.38. The number of rotatable bonds is 7. The molecule has 0 saturated carbocycles. The minimum Gasteiger partial charge on any atom is -0.367 e. The summed E-state index contributed by atoms with van der Waals surface area (Å²) in [6, 6.07) is 11.7. The summed E-state index contributed by atoms with van der Waals surface area (Å²) in [6.45, 7) is 7.86. The van der Waals surface area contributed by atoms with Crippen LogP contribution < -0.4 is 16.0 Å². The molecule has 0 aromatic heterocycles. The van der Waals surface area contributed by atoms with Crippen LogP contribution in [0.1, 0.15) is 22.3 Å². The summed E-state index contributed by atoms with van der Waals surface area (Å²) < 4.78 is 0. The number of nitrogens with zero attached hydrogens (tertiary/aromatic N) is 1. The molecule has 0 radical (unpaired) electrons. The number of nitrogens with one attached hydrogen (secondary N) is 3. The highest BCUT2D eigenvalue weighted by atomic mass is 16.2. The van der Waals surface area contributed by atoms with Crippen molar-refractivity contribution in [3.05, 3.63) is 58.7 Å². The van der Waals surface area contributed by atoms with E-state index in [0.29, 0.717) is 0 Å². The third-order valence-corrected chi connectivity index (χ3v) is 4.17. The Morgan fingerprint density at radius 1 is 0.815 bits per heavy atom. The van der Waals surface area contributed by atoms with E-state index in [4.69, 9.17) is 0 Å². The van der Waals surface area contributed by atoms with Crippen LogP contribution >= 0.6 is 0 Å². The lowest BCUT2D eigenvalue weighted by Gasteiger charge is -2.11. The zero-order valence-corrected chi connectivity index (χ0v) is 16.2. The molecular weight excluding hydrogens is 340 g/mol. The Morgan fingerprint density at radius 2 is 1.26 bits per heavy atom. The maximum atomic E-state index is 12.0. The molecule has 2 aromatic carbocycles. The molecule has 0 aliphatic heterocycles. The van der Waals surface area contributed by atoms with Crippen molar-refractivity contribution in [2.75, 3.05) is 23.7 Å². The van der Waals surface area contributed by atoms with Crippen LogP contribution in [0.25, 0.3) is 0 Å². The van der Waals surface area contributed by atoms with Crippen LogP contribution in [0.3, 0.4) is 0 Å². The molecule has 0 aliphatic rings. The van der Waals surface area contributed by atoms with Gasteiger partial charge in [0.15, 0.2) is 0 Å². The third kappa shape index (κ3) is 5.95. The second kappa shape index (κ2) is 9.52. The van der Waals surface area contributed by atoms with Gasteiger partial charge < -0.3 is 16.0 Å². The fourth-order valence-corrected chi connectivity index (χ4v) is 2.72. The molecule has 27 heavy (non-hydrogen) atoms. The molecule has 142 valence electrons. The Bertz CT molecular complexity index is 819. The lowest BCUT2D eigenvalue weighted by molar-refractivity contribution is -0.115. The molecule has 3 N–H and O–H groups in total. The fraction of sp³-hybridized carbons (Fsp3) is 0.286. The molecular formula is C21H26N4O2. The van der Waals surface area contributed by atoms with Crippen molar-refractivity contribution in [2.24, 2.45) is 4.99 Å². The predicted octanol–water partition coefficient (Wildman–Crippen LogP) is 3.12. The van der Waals surface area contributed by atoms with E-state index in [2.05, 4.69) is 20.9 Å². The van der Waals surface area contributed by atoms with Crippen LogP contribution in [0, 0.1) is 27.7 Å². The number of benzene rings is 2. The number of carbonyl (C=O) groups excluding carboxylic acids is 2. The number of aryl methyl sites for hydroxylation is 4. The van der Waals surface area contributed by atoms with Gasteiger partial charge in [-0.15, -0.1) is 0 Å². The molecule has 2 rings (SSSR count). The van der Waals surface area contributed by atoms with E-state index in [-0.39, 0.29) is 24.9 Å². The number of hydrogen-bond donors (Lipinski definition) is 3. The highest BCUT2D eigenvalue weighted by molar-refractivity contribution is 5.95. The molecule has 2 amide bonds. The molecule has 0 atom stereocenters. The van der Waals surface area contributed by atoms with E-state index in [1.54, 1.807) is 0 Å². The van der Waals surface area contributed by atoms with Crippen LogP contribution in [-0.2, 0) is 9.59 Å². The van der Waals surface area contributed by atoms with Crippen molar-refractivity contribution in [3.63, 3.8) is 0 Å².